The molecular weight excluding hydrogens is 448 g/mol. The number of hydrogen-bond acceptors (Lipinski definition) is 7. The summed E-state index contributed by atoms with van der Waals surface area (Å²) in [5, 5.41) is 21.3. The maximum Gasteiger partial charge on any atom is 0.295 e. The Morgan fingerprint density at radius 1 is 1.06 bits per heavy atom. The molecule has 3 rings (SSSR count). The molecule has 0 aliphatic carbocycles. The van der Waals surface area contributed by atoms with Crippen molar-refractivity contribution in [2.75, 3.05) is 39.9 Å². The molecule has 0 bridgehead atoms. The number of aromatic hydroxyl groups is 1. The maximum atomic E-state index is 13.2. The predicted molar refractivity (Wildman–Crippen MR) is 134 cm³/mol. The Balaban J connectivity index is 2.08. The molecule has 1 saturated heterocycles. The van der Waals surface area contributed by atoms with Crippen LogP contribution in [0.4, 0.5) is 0 Å². The van der Waals surface area contributed by atoms with E-state index in [1.807, 2.05) is 20.8 Å². The number of hydrogen-bond donors (Lipinski definition) is 2. The highest BCUT2D eigenvalue weighted by Crippen LogP contribution is 2.41. The summed E-state index contributed by atoms with van der Waals surface area (Å²) in [6, 6.07) is 10.6. The number of ether oxygens (including phenoxy) is 2. The first kappa shape index (κ1) is 26.1. The molecule has 2 aromatic carbocycles. The van der Waals surface area contributed by atoms with Gasteiger partial charge < -0.3 is 29.5 Å². The zero-order chi connectivity index (χ0) is 25.5. The molecule has 1 unspecified atom stereocenters. The van der Waals surface area contributed by atoms with Crippen LogP contribution in [0.5, 0.6) is 17.2 Å². The van der Waals surface area contributed by atoms with Gasteiger partial charge in [0.1, 0.15) is 11.5 Å². The first-order chi connectivity index (χ1) is 16.9. The van der Waals surface area contributed by atoms with Crippen molar-refractivity contribution in [2.24, 2.45) is 0 Å². The minimum absolute atomic E-state index is 0.00418. The molecule has 2 aromatic rings. The van der Waals surface area contributed by atoms with Crippen molar-refractivity contribution in [2.45, 2.75) is 33.2 Å². The third-order valence-electron chi connectivity index (χ3n) is 6.21. The molecule has 1 aliphatic rings. The van der Waals surface area contributed by atoms with E-state index in [2.05, 4.69) is 4.90 Å². The van der Waals surface area contributed by atoms with Gasteiger partial charge in [0, 0.05) is 18.7 Å². The normalized spacial score (nSPS) is 17.3. The van der Waals surface area contributed by atoms with Crippen molar-refractivity contribution in [3.8, 4) is 17.2 Å². The van der Waals surface area contributed by atoms with Gasteiger partial charge in [-0.05, 0) is 61.5 Å². The number of carbonyl (C=O) groups is 2. The van der Waals surface area contributed by atoms with Crippen molar-refractivity contribution >= 4 is 17.4 Å². The SMILES string of the molecule is CCCOc1ccc(/C(O)=C2\C(=O)C(=O)N(CCN(CC)CC)C2c2ccc(O)c(OC)c2)cc1. The van der Waals surface area contributed by atoms with Crippen LogP contribution >= 0.6 is 0 Å². The number of phenolic OH excluding ortho intramolecular Hbond substituents is 1. The summed E-state index contributed by atoms with van der Waals surface area (Å²) < 4.78 is 10.9. The lowest BCUT2D eigenvalue weighted by molar-refractivity contribution is -0.140. The van der Waals surface area contributed by atoms with Gasteiger partial charge in [-0.2, -0.15) is 0 Å². The molecular formula is C27H34N2O6. The maximum absolute atomic E-state index is 13.2. The average molecular weight is 483 g/mol. The Hall–Kier alpha value is -3.52. The summed E-state index contributed by atoms with van der Waals surface area (Å²) in [6.45, 7) is 9.16. The molecule has 1 fully saturated rings. The number of rotatable bonds is 11. The lowest BCUT2D eigenvalue weighted by Crippen LogP contribution is -2.38. The average Bonchev–Trinajstić information content (AvgIpc) is 3.13. The number of nitrogens with zero attached hydrogens (tertiary/aromatic N) is 2. The number of amides is 1. The standard InChI is InChI=1S/C27H34N2O6/c1-5-16-35-20-11-8-18(9-12-20)25(31)23-24(19-10-13-21(30)22(17-19)34-4)29(27(33)26(23)32)15-14-28(6-2)7-3/h8-13,17,24,30-31H,5-7,14-16H2,1-4H3/b25-23+. The second-order valence-electron chi connectivity index (χ2n) is 8.32. The molecule has 1 aliphatic heterocycles. The topological polar surface area (TPSA) is 99.5 Å². The Morgan fingerprint density at radius 2 is 1.74 bits per heavy atom. The molecule has 188 valence electrons. The van der Waals surface area contributed by atoms with Crippen LogP contribution in [0.2, 0.25) is 0 Å². The van der Waals surface area contributed by atoms with Crippen LogP contribution < -0.4 is 9.47 Å². The van der Waals surface area contributed by atoms with Crippen LogP contribution in [-0.4, -0.2) is 71.6 Å². The second-order valence-corrected chi connectivity index (χ2v) is 8.32. The van der Waals surface area contributed by atoms with Crippen molar-refractivity contribution < 1.29 is 29.3 Å². The molecule has 0 saturated carbocycles. The number of Topliss-reactive ketones (excluding diaryl/α,β-unsaturated/α-hetero) is 1. The summed E-state index contributed by atoms with van der Waals surface area (Å²) in [7, 11) is 1.43. The van der Waals surface area contributed by atoms with Crippen LogP contribution in [0.15, 0.2) is 48.0 Å². The van der Waals surface area contributed by atoms with E-state index < -0.39 is 17.7 Å². The molecule has 0 radical (unpaired) electrons. The number of aliphatic hydroxyl groups is 1. The highest BCUT2D eigenvalue weighted by Gasteiger charge is 2.46. The molecule has 1 atom stereocenters. The van der Waals surface area contributed by atoms with E-state index in [9.17, 15) is 19.8 Å². The number of methoxy groups -OCH3 is 1. The van der Waals surface area contributed by atoms with E-state index in [1.54, 1.807) is 36.4 Å². The zero-order valence-electron chi connectivity index (χ0n) is 20.8. The fourth-order valence-electron chi connectivity index (χ4n) is 4.19. The van der Waals surface area contributed by atoms with Gasteiger partial charge in [0.05, 0.1) is 25.3 Å². The van der Waals surface area contributed by atoms with Gasteiger partial charge in [-0.25, -0.2) is 0 Å². The van der Waals surface area contributed by atoms with Gasteiger partial charge in [0.25, 0.3) is 11.7 Å². The summed E-state index contributed by atoms with van der Waals surface area (Å²) in [5.41, 5.74) is 0.971. The molecule has 1 heterocycles. The number of likely N-dealkylation sites (tertiary alicyclic amines) is 1. The number of carbonyl (C=O) groups excluding carboxylic acids is 2. The molecule has 35 heavy (non-hydrogen) atoms. The number of benzene rings is 2. The third kappa shape index (κ3) is 5.59. The van der Waals surface area contributed by atoms with Crippen molar-refractivity contribution in [3.63, 3.8) is 0 Å². The second kappa shape index (κ2) is 11.8. The summed E-state index contributed by atoms with van der Waals surface area (Å²) in [6.07, 6.45) is 0.870. The summed E-state index contributed by atoms with van der Waals surface area (Å²) in [4.78, 5) is 30.0. The van der Waals surface area contributed by atoms with Crippen LogP contribution in [0.25, 0.3) is 5.76 Å². The summed E-state index contributed by atoms with van der Waals surface area (Å²) in [5.74, 6) is -0.854. The van der Waals surface area contributed by atoms with Crippen molar-refractivity contribution in [1.29, 1.82) is 0 Å². The van der Waals surface area contributed by atoms with Gasteiger partial charge >= 0.3 is 0 Å². The Kier molecular flexibility index (Phi) is 8.76. The fraction of sp³-hybridized carbons (Fsp3) is 0.407. The number of ketones is 1. The Morgan fingerprint density at radius 3 is 2.34 bits per heavy atom. The van der Waals surface area contributed by atoms with Gasteiger partial charge in [-0.1, -0.05) is 26.8 Å². The number of phenols is 1. The van der Waals surface area contributed by atoms with E-state index >= 15 is 0 Å². The molecule has 1 amide bonds. The lowest BCUT2D eigenvalue weighted by Gasteiger charge is -2.28. The zero-order valence-corrected chi connectivity index (χ0v) is 20.8. The first-order valence-corrected chi connectivity index (χ1v) is 12.0. The van der Waals surface area contributed by atoms with Crippen LogP contribution in [0.1, 0.15) is 44.4 Å². The van der Waals surface area contributed by atoms with Crippen LogP contribution in [0, 0.1) is 0 Å². The Bertz CT molecular complexity index is 1080. The first-order valence-electron chi connectivity index (χ1n) is 12.0. The molecule has 8 nitrogen and oxygen atoms in total. The fourth-order valence-corrected chi connectivity index (χ4v) is 4.19. The lowest BCUT2D eigenvalue weighted by atomic mass is 9.95. The number of aliphatic hydroxyl groups excluding tert-OH is 1. The van der Waals surface area contributed by atoms with Gasteiger partial charge in [0.2, 0.25) is 0 Å². The minimum Gasteiger partial charge on any atom is -0.507 e. The Labute approximate surface area is 206 Å². The van der Waals surface area contributed by atoms with E-state index in [4.69, 9.17) is 9.47 Å². The molecule has 0 aromatic heterocycles. The largest absolute Gasteiger partial charge is 0.507 e. The van der Waals surface area contributed by atoms with E-state index in [1.165, 1.54) is 18.1 Å². The number of likely N-dealkylation sites (N-methyl/N-ethyl adjacent to an activating group) is 1. The summed E-state index contributed by atoms with van der Waals surface area (Å²) >= 11 is 0. The molecule has 0 spiro atoms. The van der Waals surface area contributed by atoms with Crippen molar-refractivity contribution in [1.82, 2.24) is 9.80 Å². The third-order valence-corrected chi connectivity index (χ3v) is 6.21. The van der Waals surface area contributed by atoms with Gasteiger partial charge in [-0.15, -0.1) is 0 Å². The van der Waals surface area contributed by atoms with Crippen LogP contribution in [-0.2, 0) is 9.59 Å². The van der Waals surface area contributed by atoms with Gasteiger partial charge in [-0.3, -0.25) is 9.59 Å². The van der Waals surface area contributed by atoms with E-state index in [-0.39, 0.29) is 22.8 Å². The van der Waals surface area contributed by atoms with Crippen LogP contribution in [0.3, 0.4) is 0 Å². The highest BCUT2D eigenvalue weighted by atomic mass is 16.5. The van der Waals surface area contributed by atoms with Gasteiger partial charge in [0.15, 0.2) is 11.5 Å². The smallest absolute Gasteiger partial charge is 0.295 e. The van der Waals surface area contributed by atoms with E-state index in [0.29, 0.717) is 36.6 Å². The van der Waals surface area contributed by atoms with Crippen molar-refractivity contribution in [3.05, 3.63) is 59.2 Å². The quantitative estimate of drug-likeness (QED) is 0.284. The monoisotopic (exact) mass is 482 g/mol. The predicted octanol–water partition coefficient (Wildman–Crippen LogP) is 3.95. The van der Waals surface area contributed by atoms with E-state index in [0.717, 1.165) is 19.5 Å². The minimum atomic E-state index is -0.823. The highest BCUT2D eigenvalue weighted by molar-refractivity contribution is 6.46. The molecule has 8 heteroatoms. The molecule has 2 N–H and O–H groups in total.